The van der Waals surface area contributed by atoms with E-state index in [9.17, 15) is 24.3 Å². The molecule has 3 N–H and O–H groups in total. The van der Waals surface area contributed by atoms with Crippen molar-refractivity contribution in [1.82, 2.24) is 20.4 Å². The molecule has 9 nitrogen and oxygen atoms in total. The lowest BCUT2D eigenvalue weighted by molar-refractivity contribution is -0.160. The minimum absolute atomic E-state index is 0.0343. The van der Waals surface area contributed by atoms with Gasteiger partial charge in [0.25, 0.3) is 0 Å². The molecule has 0 spiro atoms. The zero-order chi connectivity index (χ0) is 24.0. The van der Waals surface area contributed by atoms with Crippen molar-refractivity contribution < 1.29 is 24.3 Å². The van der Waals surface area contributed by atoms with Crippen molar-refractivity contribution in [2.75, 3.05) is 26.2 Å². The molecule has 3 saturated heterocycles. The smallest absolute Gasteiger partial charge is 0.353 e. The van der Waals surface area contributed by atoms with Gasteiger partial charge in [-0.25, -0.2) is 4.79 Å². The van der Waals surface area contributed by atoms with Crippen LogP contribution in [-0.4, -0.2) is 88.0 Å². The van der Waals surface area contributed by atoms with Gasteiger partial charge in [-0.15, -0.1) is 11.8 Å². The van der Waals surface area contributed by atoms with E-state index in [0.717, 1.165) is 6.54 Å². The van der Waals surface area contributed by atoms with E-state index in [4.69, 9.17) is 0 Å². The minimum Gasteiger partial charge on any atom is -0.477 e. The summed E-state index contributed by atoms with van der Waals surface area (Å²) in [5.41, 5.74) is 0.0829. The van der Waals surface area contributed by atoms with Crippen LogP contribution in [0.15, 0.2) is 10.6 Å². The Kier molecular flexibility index (Phi) is 6.89. The highest BCUT2D eigenvalue weighted by Gasteiger charge is 2.60. The predicted molar refractivity (Wildman–Crippen MR) is 124 cm³/mol. The number of ketones is 1. The third-order valence-corrected chi connectivity index (χ3v) is 8.89. The van der Waals surface area contributed by atoms with Gasteiger partial charge in [0, 0.05) is 54.7 Å². The summed E-state index contributed by atoms with van der Waals surface area (Å²) < 4.78 is 0. The lowest BCUT2D eigenvalue weighted by Crippen LogP contribution is -2.62. The summed E-state index contributed by atoms with van der Waals surface area (Å²) >= 11 is 1.50. The summed E-state index contributed by atoms with van der Waals surface area (Å²) in [6.07, 6.45) is 0.951. The number of fused-ring (bicyclic) bond motifs is 1. The summed E-state index contributed by atoms with van der Waals surface area (Å²) in [5, 5.41) is 16.7. The summed E-state index contributed by atoms with van der Waals surface area (Å²) in [6.45, 7) is 10.3. The van der Waals surface area contributed by atoms with Crippen LogP contribution in [0.25, 0.3) is 0 Å². The van der Waals surface area contributed by atoms with Gasteiger partial charge in [-0.2, -0.15) is 0 Å². The van der Waals surface area contributed by atoms with Crippen molar-refractivity contribution in [2.24, 2.45) is 17.8 Å². The summed E-state index contributed by atoms with van der Waals surface area (Å²) in [6, 6.07) is -0.202. The van der Waals surface area contributed by atoms with Crippen molar-refractivity contribution in [3.8, 4) is 0 Å². The first kappa shape index (κ1) is 24.2. The molecule has 0 aromatic heterocycles. The number of carbonyl (C=O) groups excluding carboxylic acids is 3. The molecule has 4 aliphatic heterocycles. The molecule has 7 atom stereocenters. The van der Waals surface area contributed by atoms with Crippen LogP contribution in [-0.2, 0) is 19.2 Å². The molecule has 4 heterocycles. The number of carbonyl (C=O) groups is 4. The van der Waals surface area contributed by atoms with E-state index in [1.165, 1.54) is 23.6 Å². The van der Waals surface area contributed by atoms with Crippen molar-refractivity contribution in [3.63, 3.8) is 0 Å². The molecule has 4 rings (SSSR count). The minimum atomic E-state index is -1.09. The average molecular weight is 479 g/mol. The van der Waals surface area contributed by atoms with E-state index >= 15 is 0 Å². The Morgan fingerprint density at radius 3 is 2.61 bits per heavy atom. The Balaban J connectivity index is 1.44. The van der Waals surface area contributed by atoms with Gasteiger partial charge in [-0.1, -0.05) is 13.8 Å². The molecule has 2 amide bonds. The molecule has 0 aromatic rings. The van der Waals surface area contributed by atoms with Crippen LogP contribution in [0.1, 0.15) is 40.5 Å². The number of β-lactam (4-membered cyclic amide) rings is 1. The molecule has 3 fully saturated rings. The molecule has 0 saturated carbocycles. The number of amides is 2. The topological polar surface area (TPSA) is 119 Å². The Bertz CT molecular complexity index is 892. The first-order valence-electron chi connectivity index (χ1n) is 11.8. The van der Waals surface area contributed by atoms with Gasteiger partial charge in [-0.05, 0) is 26.2 Å². The van der Waals surface area contributed by atoms with Crippen LogP contribution < -0.4 is 10.6 Å². The highest BCUT2D eigenvalue weighted by molar-refractivity contribution is 8.03. The van der Waals surface area contributed by atoms with Crippen molar-refractivity contribution in [2.45, 2.75) is 63.9 Å². The third kappa shape index (κ3) is 4.44. The molecule has 0 aliphatic carbocycles. The number of piperazine rings is 1. The zero-order valence-corrected chi connectivity index (χ0v) is 20.5. The number of hydrogen-bond acceptors (Lipinski definition) is 7. The normalized spacial score (nSPS) is 34.8. The molecule has 182 valence electrons. The van der Waals surface area contributed by atoms with Gasteiger partial charge < -0.3 is 30.3 Å². The number of nitrogens with zero attached hydrogens (tertiary/aromatic N) is 2. The Morgan fingerprint density at radius 2 is 1.97 bits per heavy atom. The van der Waals surface area contributed by atoms with Gasteiger partial charge in [-0.3, -0.25) is 9.59 Å². The van der Waals surface area contributed by atoms with Gasteiger partial charge in [0.05, 0.1) is 18.0 Å². The van der Waals surface area contributed by atoms with E-state index in [1.807, 2.05) is 18.7 Å². The summed E-state index contributed by atoms with van der Waals surface area (Å²) in [4.78, 5) is 53.6. The van der Waals surface area contributed by atoms with Crippen LogP contribution in [0, 0.1) is 17.8 Å². The van der Waals surface area contributed by atoms with Gasteiger partial charge in [0.1, 0.15) is 11.5 Å². The monoisotopic (exact) mass is 478 g/mol. The first-order chi connectivity index (χ1) is 15.6. The quantitative estimate of drug-likeness (QED) is 0.457. The second-order valence-corrected chi connectivity index (χ2v) is 11.3. The molecule has 4 aliphatic rings. The molecular formula is C23H34N4O5S. The highest BCUT2D eigenvalue weighted by Crippen LogP contribution is 2.53. The van der Waals surface area contributed by atoms with E-state index in [0.29, 0.717) is 37.4 Å². The third-order valence-electron chi connectivity index (χ3n) is 7.38. The SMILES string of the molecule is CC(=O)C[C@H](C)[C@H]1C(=O)N2C(C(=O)O)=C(S[C@@H]3CN[C@H](C(=O)N4CCN[C@H](C)C4)C3)[C@H](C)[C@H]12. The number of carboxylic acid groups (broad SMARTS) is 1. The maximum absolute atomic E-state index is 13.0. The Morgan fingerprint density at radius 1 is 1.24 bits per heavy atom. The maximum Gasteiger partial charge on any atom is 0.353 e. The number of hydrogen-bond donors (Lipinski definition) is 3. The lowest BCUT2D eigenvalue weighted by atomic mass is 9.73. The fourth-order valence-corrected chi connectivity index (χ4v) is 7.34. The maximum atomic E-state index is 13.0. The van der Waals surface area contributed by atoms with Crippen molar-refractivity contribution in [3.05, 3.63) is 10.6 Å². The number of Topliss-reactive ketones (excluding diaryl/α,β-unsaturated/α-hetero) is 1. The number of nitrogens with one attached hydrogen (secondary N) is 2. The second-order valence-electron chi connectivity index (χ2n) is 9.99. The van der Waals surface area contributed by atoms with E-state index in [2.05, 4.69) is 17.6 Å². The first-order valence-corrected chi connectivity index (χ1v) is 12.7. The molecule has 0 unspecified atom stereocenters. The largest absolute Gasteiger partial charge is 0.477 e. The number of carboxylic acids is 1. The van der Waals surface area contributed by atoms with E-state index < -0.39 is 5.97 Å². The molecule has 33 heavy (non-hydrogen) atoms. The van der Waals surface area contributed by atoms with Crippen LogP contribution in [0.5, 0.6) is 0 Å². The molecule has 10 heteroatoms. The predicted octanol–water partition coefficient (Wildman–Crippen LogP) is 0.659. The Hall–Kier alpha value is -1.91. The highest BCUT2D eigenvalue weighted by atomic mass is 32.2. The molecule has 0 aromatic carbocycles. The van der Waals surface area contributed by atoms with Gasteiger partial charge >= 0.3 is 5.97 Å². The van der Waals surface area contributed by atoms with Gasteiger partial charge in [0.15, 0.2) is 0 Å². The fourth-order valence-electron chi connectivity index (χ4n) is 5.86. The summed E-state index contributed by atoms with van der Waals surface area (Å²) in [7, 11) is 0. The molecule has 0 bridgehead atoms. The number of aliphatic carboxylic acids is 1. The van der Waals surface area contributed by atoms with Crippen LogP contribution in [0.3, 0.4) is 0 Å². The molecule has 0 radical (unpaired) electrons. The molecular weight excluding hydrogens is 444 g/mol. The lowest BCUT2D eigenvalue weighted by Gasteiger charge is -2.47. The Labute approximate surface area is 198 Å². The number of thioether (sulfide) groups is 1. The van der Waals surface area contributed by atoms with Crippen LogP contribution in [0.2, 0.25) is 0 Å². The van der Waals surface area contributed by atoms with Gasteiger partial charge in [0.2, 0.25) is 11.8 Å². The van der Waals surface area contributed by atoms with E-state index in [-0.39, 0.29) is 64.4 Å². The van der Waals surface area contributed by atoms with Crippen LogP contribution >= 0.6 is 11.8 Å². The van der Waals surface area contributed by atoms with Crippen LogP contribution in [0.4, 0.5) is 0 Å². The van der Waals surface area contributed by atoms with Crippen molar-refractivity contribution >= 4 is 35.3 Å². The van der Waals surface area contributed by atoms with E-state index in [1.54, 1.807) is 0 Å². The number of rotatable bonds is 7. The van der Waals surface area contributed by atoms with Crippen molar-refractivity contribution in [1.29, 1.82) is 0 Å². The second kappa shape index (κ2) is 9.38. The fraction of sp³-hybridized carbons (Fsp3) is 0.739. The zero-order valence-electron chi connectivity index (χ0n) is 19.7. The standard InChI is InChI=1S/C23H34N4O5S/c1-11(7-13(3)28)17-18-14(4)20(19(23(31)32)27(18)22(17)30)33-15-8-16(25-9-15)21(29)26-6-5-24-12(2)10-26/h11-12,14-18,24-25H,5-10H2,1-4H3,(H,31,32)/t11-,12+,14+,15-,16-,17+,18+/m0/s1. The average Bonchev–Trinajstić information content (AvgIpc) is 3.29. The summed E-state index contributed by atoms with van der Waals surface area (Å²) in [5.74, 6) is -1.70.